The van der Waals surface area contributed by atoms with E-state index in [1.54, 1.807) is 0 Å². The molecule has 8 nitrogen and oxygen atoms in total. The molecule has 0 aliphatic carbocycles. The van der Waals surface area contributed by atoms with Gasteiger partial charge in [0.1, 0.15) is 21.9 Å². The van der Waals surface area contributed by atoms with E-state index in [2.05, 4.69) is 9.97 Å². The van der Waals surface area contributed by atoms with Crippen LogP contribution in [0, 0.1) is 18.3 Å². The van der Waals surface area contributed by atoms with Gasteiger partial charge in [-0.05, 0) is 18.4 Å². The second kappa shape index (κ2) is 5.36. The minimum Gasteiger partial charge on any atom is -0.481 e. The smallest absolute Gasteiger partial charge is 0.313 e. The zero-order valence-electron chi connectivity index (χ0n) is 13.8. The van der Waals surface area contributed by atoms with Gasteiger partial charge in [-0.3, -0.25) is 4.79 Å². The number of sulfonamides is 1. The maximum absolute atomic E-state index is 12.1. The van der Waals surface area contributed by atoms with Gasteiger partial charge in [-0.25, -0.2) is 22.7 Å². The number of carboxylic acid groups (broad SMARTS) is 1. The molecule has 2 fully saturated rings. The fraction of sp³-hybridized carbons (Fsp3) is 0.533. The highest BCUT2D eigenvalue weighted by Crippen LogP contribution is 2.45. The molecule has 134 valence electrons. The minimum atomic E-state index is -3.40. The predicted octanol–water partition coefficient (Wildman–Crippen LogP) is 0.782. The van der Waals surface area contributed by atoms with Crippen LogP contribution in [0.25, 0.3) is 10.2 Å². The van der Waals surface area contributed by atoms with Crippen molar-refractivity contribution in [1.29, 1.82) is 0 Å². The van der Waals surface area contributed by atoms with Gasteiger partial charge in [-0.2, -0.15) is 0 Å². The van der Waals surface area contributed by atoms with E-state index in [1.165, 1.54) is 15.6 Å². The third-order valence-electron chi connectivity index (χ3n) is 5.19. The normalized spacial score (nSPS) is 27.1. The van der Waals surface area contributed by atoms with Gasteiger partial charge in [0.2, 0.25) is 10.0 Å². The molecule has 10 heteroatoms. The number of nitrogens with zero attached hydrogens (tertiary/aromatic N) is 4. The van der Waals surface area contributed by atoms with Crippen LogP contribution in [-0.4, -0.2) is 66.2 Å². The van der Waals surface area contributed by atoms with E-state index < -0.39 is 21.4 Å². The Morgan fingerprint density at radius 3 is 2.76 bits per heavy atom. The van der Waals surface area contributed by atoms with Crippen molar-refractivity contribution in [2.75, 3.05) is 37.3 Å². The third kappa shape index (κ3) is 2.51. The van der Waals surface area contributed by atoms with Crippen LogP contribution in [-0.2, 0) is 14.8 Å². The molecule has 0 unspecified atom stereocenters. The first-order valence-corrected chi connectivity index (χ1v) is 10.6. The highest BCUT2D eigenvalue weighted by atomic mass is 32.2. The molecule has 2 aromatic heterocycles. The molecule has 4 heterocycles. The van der Waals surface area contributed by atoms with E-state index in [0.29, 0.717) is 12.4 Å². The number of rotatable bonds is 3. The molecule has 2 saturated heterocycles. The summed E-state index contributed by atoms with van der Waals surface area (Å²) in [5.41, 5.74) is -1.09. The van der Waals surface area contributed by atoms with Gasteiger partial charge in [0, 0.05) is 32.1 Å². The van der Waals surface area contributed by atoms with E-state index in [0.717, 1.165) is 22.3 Å². The molecule has 2 aromatic rings. The maximum Gasteiger partial charge on any atom is 0.313 e. The van der Waals surface area contributed by atoms with Crippen molar-refractivity contribution >= 4 is 43.4 Å². The van der Waals surface area contributed by atoms with Crippen molar-refractivity contribution < 1.29 is 18.3 Å². The fourth-order valence-corrected chi connectivity index (χ4v) is 5.64. The Morgan fingerprint density at radius 1 is 1.36 bits per heavy atom. The average molecular weight is 382 g/mol. The fourth-order valence-electron chi connectivity index (χ4n) is 3.92. The number of aryl methyl sites for hydroxylation is 1. The molecule has 2 aliphatic heterocycles. The second-order valence-electron chi connectivity index (χ2n) is 6.83. The Balaban J connectivity index is 1.73. The van der Waals surface area contributed by atoms with Crippen LogP contribution in [0.3, 0.4) is 0 Å². The Morgan fingerprint density at radius 2 is 2.12 bits per heavy atom. The van der Waals surface area contributed by atoms with Gasteiger partial charge < -0.3 is 10.0 Å². The van der Waals surface area contributed by atoms with Crippen LogP contribution in [0.1, 0.15) is 5.82 Å². The first-order chi connectivity index (χ1) is 11.7. The van der Waals surface area contributed by atoms with E-state index in [-0.39, 0.29) is 25.6 Å². The number of carbonyl (C=O) groups is 1. The lowest BCUT2D eigenvalue weighted by molar-refractivity contribution is -0.148. The molecule has 4 rings (SSSR count). The van der Waals surface area contributed by atoms with Gasteiger partial charge in [0.15, 0.2) is 0 Å². The van der Waals surface area contributed by atoms with Crippen molar-refractivity contribution in [3.8, 4) is 0 Å². The summed E-state index contributed by atoms with van der Waals surface area (Å²) in [6.07, 6.45) is 1.13. The summed E-state index contributed by atoms with van der Waals surface area (Å²) in [6, 6.07) is 1.94. The molecule has 0 saturated carbocycles. The summed E-state index contributed by atoms with van der Waals surface area (Å²) in [7, 11) is -3.40. The minimum absolute atomic E-state index is 0.0131. The molecule has 1 N–H and O–H groups in total. The Kier molecular flexibility index (Phi) is 3.57. The van der Waals surface area contributed by atoms with Crippen LogP contribution in [0.5, 0.6) is 0 Å². The Labute approximate surface area is 149 Å². The molecule has 0 amide bonds. The number of hydrogen-bond acceptors (Lipinski definition) is 7. The van der Waals surface area contributed by atoms with Crippen LogP contribution >= 0.6 is 11.3 Å². The lowest BCUT2D eigenvalue weighted by atomic mass is 9.81. The van der Waals surface area contributed by atoms with Crippen LogP contribution in [0.4, 0.5) is 5.82 Å². The predicted molar refractivity (Wildman–Crippen MR) is 94.3 cm³/mol. The Hall–Kier alpha value is -1.78. The van der Waals surface area contributed by atoms with Crippen molar-refractivity contribution in [3.05, 3.63) is 17.3 Å². The quantitative estimate of drug-likeness (QED) is 0.837. The lowest BCUT2D eigenvalue weighted by Gasteiger charge is -2.25. The maximum atomic E-state index is 12.1. The largest absolute Gasteiger partial charge is 0.481 e. The second-order valence-corrected chi connectivity index (χ2v) is 9.71. The van der Waals surface area contributed by atoms with Gasteiger partial charge >= 0.3 is 5.97 Å². The van der Waals surface area contributed by atoms with Crippen molar-refractivity contribution in [3.63, 3.8) is 0 Å². The van der Waals surface area contributed by atoms with Gasteiger partial charge in [-0.1, -0.05) is 0 Å². The first kappa shape index (κ1) is 16.7. The number of hydrogen-bond donors (Lipinski definition) is 1. The third-order valence-corrected chi connectivity index (χ3v) is 7.21. The summed E-state index contributed by atoms with van der Waals surface area (Å²) < 4.78 is 25.0. The number of carboxylic acids is 1. The first-order valence-electron chi connectivity index (χ1n) is 7.86. The summed E-state index contributed by atoms with van der Waals surface area (Å²) in [5, 5.41) is 12.7. The molecular formula is C15H18N4O4S2. The molecule has 0 bridgehead atoms. The highest BCUT2D eigenvalue weighted by molar-refractivity contribution is 7.88. The van der Waals surface area contributed by atoms with E-state index in [4.69, 9.17) is 0 Å². The van der Waals surface area contributed by atoms with Crippen molar-refractivity contribution in [2.24, 2.45) is 11.3 Å². The zero-order valence-corrected chi connectivity index (χ0v) is 15.5. The average Bonchev–Trinajstić information content (AvgIpc) is 3.16. The molecule has 0 aromatic carbocycles. The van der Waals surface area contributed by atoms with Crippen LogP contribution in [0.15, 0.2) is 11.4 Å². The molecule has 0 spiro atoms. The van der Waals surface area contributed by atoms with Gasteiger partial charge in [-0.15, -0.1) is 11.3 Å². The number of aliphatic carboxylic acids is 1. The van der Waals surface area contributed by atoms with Crippen LogP contribution < -0.4 is 4.90 Å². The van der Waals surface area contributed by atoms with Crippen LogP contribution in [0.2, 0.25) is 0 Å². The standard InChI is InChI=1S/C15H18N4O4S2/c1-9-16-12(11-3-4-24-13(11)17-9)18-5-10-6-19(25(2,22)23)8-15(10,7-18)14(20)21/h3-4,10H,5-8H2,1-2H3,(H,20,21)/t10-,15-/m0/s1. The van der Waals surface area contributed by atoms with Gasteiger partial charge in [0.05, 0.1) is 11.6 Å². The lowest BCUT2D eigenvalue weighted by Crippen LogP contribution is -2.42. The summed E-state index contributed by atoms with van der Waals surface area (Å²) >= 11 is 1.52. The summed E-state index contributed by atoms with van der Waals surface area (Å²) in [4.78, 5) is 23.9. The monoisotopic (exact) mass is 382 g/mol. The van der Waals surface area contributed by atoms with E-state index >= 15 is 0 Å². The Bertz CT molecular complexity index is 973. The topological polar surface area (TPSA) is 104 Å². The highest BCUT2D eigenvalue weighted by Gasteiger charge is 2.59. The number of aromatic nitrogens is 2. The zero-order chi connectivity index (χ0) is 18.0. The molecule has 0 radical (unpaired) electrons. The number of fused-ring (bicyclic) bond motifs is 2. The number of thiophene rings is 1. The van der Waals surface area contributed by atoms with Crippen molar-refractivity contribution in [1.82, 2.24) is 14.3 Å². The number of anilines is 1. The van der Waals surface area contributed by atoms with Crippen molar-refractivity contribution in [2.45, 2.75) is 6.92 Å². The summed E-state index contributed by atoms with van der Waals surface area (Å²) in [6.45, 7) is 2.79. The summed E-state index contributed by atoms with van der Waals surface area (Å²) in [5.74, 6) is 0.177. The van der Waals surface area contributed by atoms with E-state index in [9.17, 15) is 18.3 Å². The molecule has 2 aliphatic rings. The van der Waals surface area contributed by atoms with E-state index in [1.807, 2.05) is 23.3 Å². The van der Waals surface area contributed by atoms with Gasteiger partial charge in [0.25, 0.3) is 0 Å². The molecule has 2 atom stereocenters. The molecule has 25 heavy (non-hydrogen) atoms. The molecular weight excluding hydrogens is 364 g/mol. The SMILES string of the molecule is Cc1nc(N2C[C@H]3CN(S(C)(=O)=O)C[C@@]3(C(=O)O)C2)c2ccsc2n1.